The number of pyridine rings is 1. The van der Waals surface area contributed by atoms with E-state index in [9.17, 15) is 19.5 Å². The zero-order valence-corrected chi connectivity index (χ0v) is 32.6. The highest BCUT2D eigenvalue weighted by Gasteiger charge is 2.38. The fourth-order valence-electron chi connectivity index (χ4n) is 6.66. The number of aliphatic hydroxyl groups excluding tert-OH is 1. The summed E-state index contributed by atoms with van der Waals surface area (Å²) in [7, 11) is 0. The van der Waals surface area contributed by atoms with E-state index in [1.54, 1.807) is 17.8 Å². The second kappa shape index (κ2) is 17.6. The first-order valence-electron chi connectivity index (χ1n) is 18.4. The number of nitrogens with one attached hydrogen (secondary N) is 3. The molecule has 3 amide bonds. The Balaban J connectivity index is 1.33. The maximum atomic E-state index is 14.0. The van der Waals surface area contributed by atoms with Crippen LogP contribution in [0.15, 0.2) is 78.0 Å². The number of rotatable bonds is 13. The van der Waals surface area contributed by atoms with Gasteiger partial charge in [0.1, 0.15) is 11.7 Å². The van der Waals surface area contributed by atoms with Crippen LogP contribution < -0.4 is 16.0 Å². The first-order chi connectivity index (χ1) is 25.1. The van der Waals surface area contributed by atoms with Crippen LogP contribution in [-0.4, -0.2) is 90.8 Å². The highest BCUT2D eigenvalue weighted by molar-refractivity contribution is 7.99. The molecule has 0 bridgehead atoms. The minimum atomic E-state index is -1.03. The van der Waals surface area contributed by atoms with Gasteiger partial charge in [-0.15, -0.1) is 0 Å². The Hall–Kier alpha value is -4.39. The van der Waals surface area contributed by atoms with Crippen LogP contribution in [0, 0.1) is 19.8 Å². The molecule has 3 heterocycles. The average molecular weight is 740 g/mol. The molecule has 1 aliphatic rings. The van der Waals surface area contributed by atoms with Crippen molar-refractivity contribution >= 4 is 40.4 Å². The van der Waals surface area contributed by atoms with E-state index in [-0.39, 0.29) is 29.3 Å². The zero-order valence-electron chi connectivity index (χ0n) is 31.8. The van der Waals surface area contributed by atoms with Crippen molar-refractivity contribution in [3.8, 4) is 0 Å². The topological polar surface area (TPSA) is 149 Å². The van der Waals surface area contributed by atoms with Gasteiger partial charge in [0.25, 0.3) is 5.91 Å². The minimum absolute atomic E-state index is 0.104. The molecule has 12 heteroatoms. The van der Waals surface area contributed by atoms with Crippen LogP contribution in [0.4, 0.5) is 0 Å². The maximum absolute atomic E-state index is 14.0. The van der Waals surface area contributed by atoms with E-state index in [2.05, 4.69) is 30.9 Å². The Kier molecular flexibility index (Phi) is 13.2. The molecule has 4 aromatic rings. The van der Waals surface area contributed by atoms with Crippen molar-refractivity contribution in [2.45, 2.75) is 108 Å². The molecular weight excluding hydrogens is 687 g/mol. The molecule has 2 aromatic carbocycles. The molecule has 0 spiro atoms. The average Bonchev–Trinajstić information content (AvgIpc) is 3.09. The molecule has 0 radical (unpaired) electrons. The lowest BCUT2D eigenvalue weighted by atomic mass is 9.95. The van der Waals surface area contributed by atoms with Gasteiger partial charge in [-0.05, 0) is 83.6 Å². The fraction of sp³-hybridized carbons (Fsp3) is 0.463. The van der Waals surface area contributed by atoms with Gasteiger partial charge in [-0.3, -0.25) is 19.3 Å². The molecule has 0 saturated carbocycles. The SMILES string of the molecule is Cc1cc(C)nc(S[C@@H]2CCN(C[C@@H](O)[C@H](Cc3ccccc3)NC(=O)[C@@H](NC(=O)c3ccc4ccccc4n3)C(C)C)C(C(=O)NC(C)(C)C)C2)n1. The third-order valence-electron chi connectivity index (χ3n) is 9.28. The molecule has 1 unspecified atom stereocenters. The second-order valence-electron chi connectivity index (χ2n) is 15.4. The van der Waals surface area contributed by atoms with Crippen molar-refractivity contribution in [3.05, 3.63) is 95.4 Å². The molecular formula is C41H53N7O4S. The maximum Gasteiger partial charge on any atom is 0.270 e. The largest absolute Gasteiger partial charge is 0.390 e. The number of para-hydroxylation sites is 1. The summed E-state index contributed by atoms with van der Waals surface area (Å²) in [4.78, 5) is 57.0. The van der Waals surface area contributed by atoms with E-state index in [1.165, 1.54) is 0 Å². The lowest BCUT2D eigenvalue weighted by molar-refractivity contribution is -0.130. The van der Waals surface area contributed by atoms with Gasteiger partial charge in [0.05, 0.1) is 23.7 Å². The van der Waals surface area contributed by atoms with Crippen LogP contribution in [0.25, 0.3) is 10.9 Å². The third-order valence-corrected chi connectivity index (χ3v) is 10.4. The molecule has 282 valence electrons. The molecule has 0 aliphatic carbocycles. The lowest BCUT2D eigenvalue weighted by Crippen LogP contribution is -2.60. The predicted octanol–water partition coefficient (Wildman–Crippen LogP) is 5.02. The van der Waals surface area contributed by atoms with E-state index in [1.807, 2.05) is 120 Å². The van der Waals surface area contributed by atoms with Crippen LogP contribution >= 0.6 is 11.8 Å². The monoisotopic (exact) mass is 739 g/mol. The summed E-state index contributed by atoms with van der Waals surface area (Å²) in [5.74, 6) is -1.22. The number of amides is 3. The lowest BCUT2D eigenvalue weighted by Gasteiger charge is -2.41. The molecule has 5 atom stereocenters. The predicted molar refractivity (Wildman–Crippen MR) is 210 cm³/mol. The first kappa shape index (κ1) is 39.8. The summed E-state index contributed by atoms with van der Waals surface area (Å²) in [5.41, 5.74) is 3.20. The summed E-state index contributed by atoms with van der Waals surface area (Å²) < 4.78 is 0. The van der Waals surface area contributed by atoms with Crippen LogP contribution in [-0.2, 0) is 16.0 Å². The number of aromatic nitrogens is 3. The van der Waals surface area contributed by atoms with Crippen molar-refractivity contribution < 1.29 is 19.5 Å². The number of benzene rings is 2. The number of carbonyl (C=O) groups excluding carboxylic acids is 3. The molecule has 4 N–H and O–H groups in total. The Morgan fingerprint density at radius 1 is 0.925 bits per heavy atom. The van der Waals surface area contributed by atoms with Gasteiger partial charge in [-0.1, -0.05) is 80.2 Å². The summed E-state index contributed by atoms with van der Waals surface area (Å²) in [5, 5.41) is 22.8. The minimum Gasteiger partial charge on any atom is -0.390 e. The molecule has 5 rings (SSSR count). The number of thioether (sulfide) groups is 1. The molecule has 1 saturated heterocycles. The van der Waals surface area contributed by atoms with Crippen molar-refractivity contribution in [2.75, 3.05) is 13.1 Å². The normalized spacial score (nSPS) is 18.3. The fourth-order valence-corrected chi connectivity index (χ4v) is 7.86. The van der Waals surface area contributed by atoms with Gasteiger partial charge in [-0.2, -0.15) is 0 Å². The van der Waals surface area contributed by atoms with Crippen LogP contribution in [0.5, 0.6) is 0 Å². The van der Waals surface area contributed by atoms with Crippen LogP contribution in [0.3, 0.4) is 0 Å². The van der Waals surface area contributed by atoms with Gasteiger partial charge in [-0.25, -0.2) is 15.0 Å². The van der Waals surface area contributed by atoms with Gasteiger partial charge >= 0.3 is 0 Å². The molecule has 11 nitrogen and oxygen atoms in total. The molecule has 1 aliphatic heterocycles. The van der Waals surface area contributed by atoms with Gasteiger partial charge < -0.3 is 21.1 Å². The quantitative estimate of drug-likeness (QED) is 0.139. The highest BCUT2D eigenvalue weighted by atomic mass is 32.2. The number of likely N-dealkylation sites (tertiary alicyclic amines) is 1. The summed E-state index contributed by atoms with van der Waals surface area (Å²) in [6.45, 7) is 14.2. The smallest absolute Gasteiger partial charge is 0.270 e. The van der Waals surface area contributed by atoms with E-state index in [0.717, 1.165) is 28.8 Å². The highest BCUT2D eigenvalue weighted by Crippen LogP contribution is 2.32. The number of β-amino-alcohol motifs (C(OH)–C–C–N with tert-alkyl or cyclic N) is 1. The third kappa shape index (κ3) is 11.3. The van der Waals surface area contributed by atoms with Crippen LogP contribution in [0.2, 0.25) is 0 Å². The first-order valence-corrected chi connectivity index (χ1v) is 19.3. The van der Waals surface area contributed by atoms with Gasteiger partial charge in [0.2, 0.25) is 11.8 Å². The standard InChI is InChI=1S/C41H53N7O4S/c1-25(2)36(46-37(50)32-18-17-29-15-11-12-16-31(29)44-32)39(52)45-33(22-28-13-9-8-10-14-28)35(49)24-48-20-19-30(23-34(48)38(51)47-41(5,6)7)53-40-42-26(3)21-27(4)43-40/h8-18,21,25,30,33-36,49H,19-20,22-24H2,1-7H3,(H,45,52)(H,46,50)(H,47,51)/t30-,33+,34?,35-,36+/m1/s1. The van der Waals surface area contributed by atoms with Crippen molar-refractivity contribution in [1.82, 2.24) is 35.8 Å². The van der Waals surface area contributed by atoms with Crippen molar-refractivity contribution in [3.63, 3.8) is 0 Å². The van der Waals surface area contributed by atoms with E-state index in [4.69, 9.17) is 0 Å². The van der Waals surface area contributed by atoms with E-state index < -0.39 is 41.6 Å². The molecule has 53 heavy (non-hydrogen) atoms. The Bertz CT molecular complexity index is 1860. The number of nitrogens with zero attached hydrogens (tertiary/aromatic N) is 4. The molecule has 2 aromatic heterocycles. The number of carbonyl (C=O) groups is 3. The number of hydrogen-bond acceptors (Lipinski definition) is 9. The Labute approximate surface area is 317 Å². The second-order valence-corrected chi connectivity index (χ2v) is 16.7. The number of fused-ring (bicyclic) bond motifs is 1. The number of aryl methyl sites for hydroxylation is 2. The number of piperidine rings is 1. The van der Waals surface area contributed by atoms with Crippen molar-refractivity contribution in [2.24, 2.45) is 5.92 Å². The number of hydrogen-bond donors (Lipinski definition) is 4. The summed E-state index contributed by atoms with van der Waals surface area (Å²) >= 11 is 1.59. The van der Waals surface area contributed by atoms with E-state index in [0.29, 0.717) is 30.1 Å². The number of aliphatic hydroxyl groups is 1. The van der Waals surface area contributed by atoms with Crippen LogP contribution in [0.1, 0.15) is 74.9 Å². The summed E-state index contributed by atoms with van der Waals surface area (Å²) in [6, 6.07) is 20.5. The Morgan fingerprint density at radius 2 is 1.60 bits per heavy atom. The molecule has 1 fully saturated rings. The zero-order chi connectivity index (χ0) is 38.3. The Morgan fingerprint density at radius 3 is 2.28 bits per heavy atom. The van der Waals surface area contributed by atoms with Gasteiger partial charge in [0.15, 0.2) is 5.16 Å². The summed E-state index contributed by atoms with van der Waals surface area (Å²) in [6.07, 6.45) is 0.651. The van der Waals surface area contributed by atoms with Gasteiger partial charge in [0, 0.05) is 40.7 Å². The van der Waals surface area contributed by atoms with Crippen molar-refractivity contribution in [1.29, 1.82) is 0 Å². The van der Waals surface area contributed by atoms with E-state index >= 15 is 0 Å².